The van der Waals surface area contributed by atoms with E-state index in [2.05, 4.69) is 10.6 Å². The third kappa shape index (κ3) is 4.99. The summed E-state index contributed by atoms with van der Waals surface area (Å²) in [6.45, 7) is 7.88. The van der Waals surface area contributed by atoms with Crippen LogP contribution in [0.3, 0.4) is 0 Å². The molecule has 3 nitrogen and oxygen atoms in total. The van der Waals surface area contributed by atoms with Gasteiger partial charge in [-0.25, -0.2) is 4.39 Å². The van der Waals surface area contributed by atoms with Gasteiger partial charge in [0.25, 0.3) is 0 Å². The molecule has 0 bridgehead atoms. The molecule has 2 atom stereocenters. The summed E-state index contributed by atoms with van der Waals surface area (Å²) in [4.78, 5) is 11.6. The molecule has 0 saturated heterocycles. The van der Waals surface area contributed by atoms with Gasteiger partial charge in [0, 0.05) is 12.1 Å². The Kier molecular flexibility index (Phi) is 5.96. The molecule has 2 N–H and O–H groups in total. The molecule has 19 heavy (non-hydrogen) atoms. The first-order valence-electron chi connectivity index (χ1n) is 6.72. The van der Waals surface area contributed by atoms with E-state index in [1.54, 1.807) is 13.0 Å². The lowest BCUT2D eigenvalue weighted by Crippen LogP contribution is -2.39. The van der Waals surface area contributed by atoms with Crippen molar-refractivity contribution in [3.63, 3.8) is 0 Å². The first-order chi connectivity index (χ1) is 8.93. The number of aryl methyl sites for hydroxylation is 1. The second kappa shape index (κ2) is 7.24. The minimum absolute atomic E-state index is 0.0335. The number of rotatable bonds is 6. The van der Waals surface area contributed by atoms with Crippen molar-refractivity contribution in [1.82, 2.24) is 10.6 Å². The van der Waals surface area contributed by atoms with E-state index in [9.17, 15) is 9.18 Å². The fourth-order valence-electron chi connectivity index (χ4n) is 1.67. The van der Waals surface area contributed by atoms with E-state index >= 15 is 0 Å². The zero-order valence-electron chi connectivity index (χ0n) is 12.1. The highest BCUT2D eigenvalue weighted by atomic mass is 19.1. The lowest BCUT2D eigenvalue weighted by atomic mass is 10.1. The third-order valence-electron chi connectivity index (χ3n) is 3.28. The predicted molar refractivity (Wildman–Crippen MR) is 75.5 cm³/mol. The molecule has 0 spiro atoms. The van der Waals surface area contributed by atoms with Crippen LogP contribution in [-0.2, 0) is 4.79 Å². The standard InChI is InChI=1S/C15H23FN2O/c1-5-11(3)18-15(19)9-17-12(4)13-7-6-10(2)14(16)8-13/h6-8,11-12,17H,5,9H2,1-4H3,(H,18,19). The van der Waals surface area contributed by atoms with Crippen LogP contribution in [0.5, 0.6) is 0 Å². The van der Waals surface area contributed by atoms with Crippen LogP contribution in [0.4, 0.5) is 4.39 Å². The monoisotopic (exact) mass is 266 g/mol. The topological polar surface area (TPSA) is 41.1 Å². The van der Waals surface area contributed by atoms with Crippen molar-refractivity contribution >= 4 is 5.91 Å². The maximum Gasteiger partial charge on any atom is 0.234 e. The Morgan fingerprint density at radius 1 is 1.37 bits per heavy atom. The summed E-state index contributed by atoms with van der Waals surface area (Å²) in [6, 6.07) is 5.27. The number of benzene rings is 1. The summed E-state index contributed by atoms with van der Waals surface area (Å²) < 4.78 is 13.4. The third-order valence-corrected chi connectivity index (χ3v) is 3.28. The Morgan fingerprint density at radius 2 is 2.05 bits per heavy atom. The van der Waals surface area contributed by atoms with Gasteiger partial charge in [-0.3, -0.25) is 4.79 Å². The molecule has 1 aromatic rings. The van der Waals surface area contributed by atoms with Crippen molar-refractivity contribution in [2.75, 3.05) is 6.54 Å². The highest BCUT2D eigenvalue weighted by molar-refractivity contribution is 5.78. The van der Waals surface area contributed by atoms with Crippen LogP contribution in [0.2, 0.25) is 0 Å². The van der Waals surface area contributed by atoms with E-state index in [0.29, 0.717) is 5.56 Å². The van der Waals surface area contributed by atoms with Crippen LogP contribution in [0.15, 0.2) is 18.2 Å². The molecule has 0 aliphatic rings. The molecule has 0 aromatic heterocycles. The number of carbonyl (C=O) groups is 1. The summed E-state index contributed by atoms with van der Waals surface area (Å²) in [7, 11) is 0. The molecule has 0 fully saturated rings. The highest BCUT2D eigenvalue weighted by Crippen LogP contribution is 2.15. The normalized spacial score (nSPS) is 13.9. The average molecular weight is 266 g/mol. The van der Waals surface area contributed by atoms with Crippen molar-refractivity contribution in [2.45, 2.75) is 46.2 Å². The lowest BCUT2D eigenvalue weighted by molar-refractivity contribution is -0.120. The largest absolute Gasteiger partial charge is 0.353 e. The fourth-order valence-corrected chi connectivity index (χ4v) is 1.67. The zero-order valence-corrected chi connectivity index (χ0v) is 12.1. The number of hydrogen-bond donors (Lipinski definition) is 2. The molecule has 1 rings (SSSR count). The van der Waals surface area contributed by atoms with Crippen LogP contribution in [0.25, 0.3) is 0 Å². The lowest BCUT2D eigenvalue weighted by Gasteiger charge is -2.16. The average Bonchev–Trinajstić information content (AvgIpc) is 2.39. The molecule has 0 aliphatic carbocycles. The highest BCUT2D eigenvalue weighted by Gasteiger charge is 2.10. The van der Waals surface area contributed by atoms with Gasteiger partial charge in [0.05, 0.1) is 6.54 Å². The number of nitrogens with one attached hydrogen (secondary N) is 2. The van der Waals surface area contributed by atoms with E-state index < -0.39 is 0 Å². The maximum absolute atomic E-state index is 13.4. The summed E-state index contributed by atoms with van der Waals surface area (Å²) in [6.07, 6.45) is 0.907. The van der Waals surface area contributed by atoms with E-state index in [4.69, 9.17) is 0 Å². The Labute approximate surface area is 114 Å². The van der Waals surface area contributed by atoms with E-state index in [1.807, 2.05) is 26.8 Å². The van der Waals surface area contributed by atoms with Crippen molar-refractivity contribution in [1.29, 1.82) is 0 Å². The van der Waals surface area contributed by atoms with Gasteiger partial charge in [0.2, 0.25) is 5.91 Å². The molecular weight excluding hydrogens is 243 g/mol. The van der Waals surface area contributed by atoms with Gasteiger partial charge >= 0.3 is 0 Å². The van der Waals surface area contributed by atoms with Crippen molar-refractivity contribution in [3.8, 4) is 0 Å². The summed E-state index contributed by atoms with van der Waals surface area (Å²) >= 11 is 0. The molecule has 4 heteroatoms. The predicted octanol–water partition coefficient (Wildman–Crippen LogP) is 2.70. The van der Waals surface area contributed by atoms with E-state index in [0.717, 1.165) is 12.0 Å². The first kappa shape index (κ1) is 15.6. The van der Waals surface area contributed by atoms with E-state index in [1.165, 1.54) is 6.07 Å². The smallest absolute Gasteiger partial charge is 0.234 e. The van der Waals surface area contributed by atoms with Gasteiger partial charge in [0.1, 0.15) is 5.82 Å². The second-order valence-electron chi connectivity index (χ2n) is 4.99. The molecular formula is C15H23FN2O. The Morgan fingerprint density at radius 3 is 2.63 bits per heavy atom. The molecule has 106 valence electrons. The van der Waals surface area contributed by atoms with Crippen LogP contribution >= 0.6 is 0 Å². The van der Waals surface area contributed by atoms with Gasteiger partial charge in [-0.2, -0.15) is 0 Å². The van der Waals surface area contributed by atoms with Crippen molar-refractivity contribution < 1.29 is 9.18 Å². The minimum Gasteiger partial charge on any atom is -0.353 e. The molecule has 2 unspecified atom stereocenters. The Balaban J connectivity index is 2.48. The number of carbonyl (C=O) groups excluding carboxylic acids is 1. The summed E-state index contributed by atoms with van der Waals surface area (Å²) in [5.41, 5.74) is 1.48. The maximum atomic E-state index is 13.4. The molecule has 0 aliphatic heterocycles. The Hall–Kier alpha value is -1.42. The van der Waals surface area contributed by atoms with Gasteiger partial charge in [-0.15, -0.1) is 0 Å². The summed E-state index contributed by atoms with van der Waals surface area (Å²) in [5, 5.41) is 5.98. The van der Waals surface area contributed by atoms with Gasteiger partial charge in [-0.1, -0.05) is 19.1 Å². The van der Waals surface area contributed by atoms with Crippen LogP contribution in [0.1, 0.15) is 44.4 Å². The molecule has 1 aromatic carbocycles. The van der Waals surface area contributed by atoms with Crippen molar-refractivity contribution in [2.24, 2.45) is 0 Å². The van der Waals surface area contributed by atoms with Crippen LogP contribution < -0.4 is 10.6 Å². The van der Waals surface area contributed by atoms with Gasteiger partial charge in [0.15, 0.2) is 0 Å². The fraction of sp³-hybridized carbons (Fsp3) is 0.533. The zero-order chi connectivity index (χ0) is 14.4. The van der Waals surface area contributed by atoms with Crippen molar-refractivity contribution in [3.05, 3.63) is 35.1 Å². The molecule has 0 heterocycles. The van der Waals surface area contributed by atoms with Gasteiger partial charge < -0.3 is 10.6 Å². The molecule has 1 amide bonds. The minimum atomic E-state index is -0.213. The van der Waals surface area contributed by atoms with E-state index in [-0.39, 0.29) is 30.4 Å². The van der Waals surface area contributed by atoms with Crippen LogP contribution in [-0.4, -0.2) is 18.5 Å². The van der Waals surface area contributed by atoms with Gasteiger partial charge in [-0.05, 0) is 44.4 Å². The number of halogens is 1. The SMILES string of the molecule is CCC(C)NC(=O)CNC(C)c1ccc(C)c(F)c1. The first-order valence-corrected chi connectivity index (χ1v) is 6.72. The number of amides is 1. The number of hydrogen-bond acceptors (Lipinski definition) is 2. The second-order valence-corrected chi connectivity index (χ2v) is 4.99. The Bertz CT molecular complexity index is 434. The molecule has 0 radical (unpaired) electrons. The summed E-state index contributed by atoms with van der Waals surface area (Å²) in [5.74, 6) is -0.246. The molecule has 0 saturated carbocycles. The van der Waals surface area contributed by atoms with Crippen LogP contribution in [0, 0.1) is 12.7 Å². The quantitative estimate of drug-likeness (QED) is 0.831.